The van der Waals surface area contributed by atoms with E-state index in [-0.39, 0.29) is 5.60 Å². The van der Waals surface area contributed by atoms with E-state index in [1.807, 2.05) is 33.9 Å². The van der Waals surface area contributed by atoms with Gasteiger partial charge in [0, 0.05) is 13.1 Å². The quantitative estimate of drug-likeness (QED) is 0.827. The van der Waals surface area contributed by atoms with E-state index < -0.39 is 0 Å². The summed E-state index contributed by atoms with van der Waals surface area (Å²) in [6.07, 6.45) is 0.935. The molecule has 0 aliphatic carbocycles. The maximum Gasteiger partial charge on any atom is 0.219 e. The molecule has 0 aliphatic rings. The average molecular weight is 209 g/mol. The second-order valence-electron chi connectivity index (χ2n) is 4.10. The van der Waals surface area contributed by atoms with Gasteiger partial charge in [0.2, 0.25) is 5.88 Å². The number of hydrogen-bond donors (Lipinski definition) is 1. The summed E-state index contributed by atoms with van der Waals surface area (Å²) in [5.41, 5.74) is -0.189. The van der Waals surface area contributed by atoms with Crippen LogP contribution in [0.15, 0.2) is 6.07 Å². The van der Waals surface area contributed by atoms with Crippen molar-refractivity contribution in [1.82, 2.24) is 9.97 Å². The minimum atomic E-state index is -0.189. The maximum atomic E-state index is 5.78. The number of aromatic nitrogens is 2. The lowest BCUT2D eigenvalue weighted by Crippen LogP contribution is -2.27. The minimum absolute atomic E-state index is 0.189. The number of aryl methyl sites for hydroxylation is 1. The van der Waals surface area contributed by atoms with Crippen molar-refractivity contribution in [3.63, 3.8) is 0 Å². The Balaban J connectivity index is 2.90. The number of rotatable bonds is 4. The normalized spacial score (nSPS) is 11.3. The Hall–Kier alpha value is -1.32. The molecule has 0 saturated heterocycles. The number of hydrogen-bond acceptors (Lipinski definition) is 4. The van der Waals surface area contributed by atoms with Crippen molar-refractivity contribution < 1.29 is 4.74 Å². The number of nitrogens with zero attached hydrogens (tertiary/aromatic N) is 2. The number of anilines is 1. The first-order valence-electron chi connectivity index (χ1n) is 5.19. The molecule has 84 valence electrons. The highest BCUT2D eigenvalue weighted by atomic mass is 16.5. The minimum Gasteiger partial charge on any atom is -0.472 e. The average Bonchev–Trinajstić information content (AvgIpc) is 2.16. The van der Waals surface area contributed by atoms with Gasteiger partial charge >= 0.3 is 0 Å². The molecule has 0 unspecified atom stereocenters. The Kier molecular flexibility index (Phi) is 3.50. The van der Waals surface area contributed by atoms with Gasteiger partial charge in [0.05, 0.1) is 0 Å². The highest BCUT2D eigenvalue weighted by Gasteiger charge is 2.18. The molecule has 0 aromatic carbocycles. The molecule has 15 heavy (non-hydrogen) atoms. The summed E-state index contributed by atoms with van der Waals surface area (Å²) in [6, 6.07) is 1.81. The van der Waals surface area contributed by atoms with Crippen molar-refractivity contribution in [1.29, 1.82) is 0 Å². The Morgan fingerprint density at radius 3 is 2.60 bits per heavy atom. The lowest BCUT2D eigenvalue weighted by Gasteiger charge is -2.24. The standard InChI is InChI=1S/C11H19N3O/c1-6-11(3,4)15-10-7-9(12-5)13-8(2)14-10/h7H,6H2,1-5H3,(H,12,13,14). The van der Waals surface area contributed by atoms with E-state index in [4.69, 9.17) is 4.74 Å². The molecule has 4 nitrogen and oxygen atoms in total. The lowest BCUT2D eigenvalue weighted by molar-refractivity contribution is 0.0987. The fourth-order valence-corrected chi connectivity index (χ4v) is 1.08. The van der Waals surface area contributed by atoms with Gasteiger partial charge in [-0.3, -0.25) is 0 Å². The Bertz CT molecular complexity index is 337. The first kappa shape index (κ1) is 11.8. The van der Waals surface area contributed by atoms with E-state index in [0.29, 0.717) is 11.7 Å². The lowest BCUT2D eigenvalue weighted by atomic mass is 10.1. The Morgan fingerprint density at radius 1 is 1.40 bits per heavy atom. The molecule has 0 atom stereocenters. The molecule has 1 aromatic heterocycles. The van der Waals surface area contributed by atoms with E-state index in [0.717, 1.165) is 12.2 Å². The van der Waals surface area contributed by atoms with Crippen LogP contribution in [0.4, 0.5) is 5.82 Å². The molecule has 0 aliphatic heterocycles. The fourth-order valence-electron chi connectivity index (χ4n) is 1.08. The van der Waals surface area contributed by atoms with Crippen molar-refractivity contribution in [3.05, 3.63) is 11.9 Å². The van der Waals surface area contributed by atoms with Gasteiger partial charge < -0.3 is 10.1 Å². The summed E-state index contributed by atoms with van der Waals surface area (Å²) in [5, 5.41) is 2.98. The molecule has 4 heteroatoms. The zero-order valence-electron chi connectivity index (χ0n) is 10.1. The topological polar surface area (TPSA) is 47.0 Å². The third-order valence-electron chi connectivity index (χ3n) is 2.30. The molecule has 0 radical (unpaired) electrons. The zero-order valence-corrected chi connectivity index (χ0v) is 10.1. The predicted octanol–water partition coefficient (Wildman–Crippen LogP) is 2.39. The van der Waals surface area contributed by atoms with Crippen LogP contribution < -0.4 is 10.1 Å². The molecule has 0 bridgehead atoms. The van der Waals surface area contributed by atoms with Crippen LogP contribution in [0, 0.1) is 6.92 Å². The van der Waals surface area contributed by atoms with Gasteiger partial charge in [-0.2, -0.15) is 4.98 Å². The van der Waals surface area contributed by atoms with Gasteiger partial charge in [-0.25, -0.2) is 4.98 Å². The van der Waals surface area contributed by atoms with Gasteiger partial charge in [0.25, 0.3) is 0 Å². The fraction of sp³-hybridized carbons (Fsp3) is 0.636. The summed E-state index contributed by atoms with van der Waals surface area (Å²) in [7, 11) is 1.83. The molecule has 0 amide bonds. The Labute approximate surface area is 91.1 Å². The van der Waals surface area contributed by atoms with E-state index >= 15 is 0 Å². The predicted molar refractivity (Wildman–Crippen MR) is 61.3 cm³/mol. The first-order valence-corrected chi connectivity index (χ1v) is 5.19. The summed E-state index contributed by atoms with van der Waals surface area (Å²) in [6.45, 7) is 8.03. The van der Waals surface area contributed by atoms with Gasteiger partial charge in [-0.15, -0.1) is 0 Å². The summed E-state index contributed by atoms with van der Waals surface area (Å²) < 4.78 is 5.78. The van der Waals surface area contributed by atoms with E-state index in [1.54, 1.807) is 0 Å². The van der Waals surface area contributed by atoms with Crippen molar-refractivity contribution >= 4 is 5.82 Å². The smallest absolute Gasteiger partial charge is 0.219 e. The van der Waals surface area contributed by atoms with E-state index in [1.165, 1.54) is 0 Å². The highest BCUT2D eigenvalue weighted by Crippen LogP contribution is 2.20. The van der Waals surface area contributed by atoms with Gasteiger partial charge in [0.15, 0.2) is 0 Å². The summed E-state index contributed by atoms with van der Waals surface area (Å²) in [4.78, 5) is 8.45. The summed E-state index contributed by atoms with van der Waals surface area (Å²) >= 11 is 0. The van der Waals surface area contributed by atoms with Crippen LogP contribution in [0.1, 0.15) is 33.0 Å². The molecule has 1 N–H and O–H groups in total. The molecule has 0 spiro atoms. The largest absolute Gasteiger partial charge is 0.472 e. The third-order valence-corrected chi connectivity index (χ3v) is 2.30. The van der Waals surface area contributed by atoms with Crippen molar-refractivity contribution in [2.45, 2.75) is 39.7 Å². The van der Waals surface area contributed by atoms with Crippen LogP contribution in [0.2, 0.25) is 0 Å². The SMILES string of the molecule is CCC(C)(C)Oc1cc(NC)nc(C)n1. The number of nitrogens with one attached hydrogen (secondary N) is 1. The van der Waals surface area contributed by atoms with Gasteiger partial charge in [0.1, 0.15) is 17.2 Å². The van der Waals surface area contributed by atoms with Gasteiger partial charge in [-0.05, 0) is 27.2 Å². The maximum absolute atomic E-state index is 5.78. The van der Waals surface area contributed by atoms with E-state index in [2.05, 4.69) is 22.2 Å². The van der Waals surface area contributed by atoms with Crippen LogP contribution in [0.25, 0.3) is 0 Å². The monoisotopic (exact) mass is 209 g/mol. The van der Waals surface area contributed by atoms with E-state index in [9.17, 15) is 0 Å². The highest BCUT2D eigenvalue weighted by molar-refractivity contribution is 5.37. The molecule has 1 heterocycles. The second kappa shape index (κ2) is 4.47. The summed E-state index contributed by atoms with van der Waals surface area (Å²) in [5.74, 6) is 2.12. The third kappa shape index (κ3) is 3.38. The Morgan fingerprint density at radius 2 is 2.07 bits per heavy atom. The van der Waals surface area contributed by atoms with Crippen LogP contribution in [0.3, 0.4) is 0 Å². The second-order valence-corrected chi connectivity index (χ2v) is 4.10. The van der Waals surface area contributed by atoms with Crippen LogP contribution in [-0.4, -0.2) is 22.6 Å². The molecule has 1 aromatic rings. The zero-order chi connectivity index (χ0) is 11.5. The van der Waals surface area contributed by atoms with Crippen LogP contribution in [0.5, 0.6) is 5.88 Å². The molecular weight excluding hydrogens is 190 g/mol. The van der Waals surface area contributed by atoms with Crippen LogP contribution >= 0.6 is 0 Å². The molecule has 0 fully saturated rings. The van der Waals surface area contributed by atoms with Gasteiger partial charge in [-0.1, -0.05) is 6.92 Å². The molecule has 1 rings (SSSR count). The van der Waals surface area contributed by atoms with Crippen molar-refractivity contribution in [3.8, 4) is 5.88 Å². The van der Waals surface area contributed by atoms with Crippen LogP contribution in [-0.2, 0) is 0 Å². The first-order chi connectivity index (χ1) is 6.96. The molecule has 0 saturated carbocycles. The molecular formula is C11H19N3O. The number of ether oxygens (including phenoxy) is 1. The van der Waals surface area contributed by atoms with Crippen molar-refractivity contribution in [2.75, 3.05) is 12.4 Å². The van der Waals surface area contributed by atoms with Crippen molar-refractivity contribution in [2.24, 2.45) is 0 Å².